The number of aliphatic carboxylic acids is 1. The highest BCUT2D eigenvalue weighted by molar-refractivity contribution is 6.57. The Morgan fingerprint density at radius 1 is 1.25 bits per heavy atom. The van der Waals surface area contributed by atoms with Crippen molar-refractivity contribution >= 4 is 29.2 Å². The summed E-state index contributed by atoms with van der Waals surface area (Å²) in [4.78, 5) is 10.7. The first-order valence-corrected chi connectivity index (χ1v) is 4.67. The maximum absolute atomic E-state index is 10.7. The number of carboxylic acids is 1. The van der Waals surface area contributed by atoms with Crippen LogP contribution in [0.5, 0.6) is 0 Å². The van der Waals surface area contributed by atoms with E-state index in [0.29, 0.717) is 0 Å². The number of halogens is 2. The van der Waals surface area contributed by atoms with Crippen LogP contribution in [0.2, 0.25) is 0 Å². The second-order valence-corrected chi connectivity index (χ2v) is 3.91. The van der Waals surface area contributed by atoms with Gasteiger partial charge in [-0.25, -0.2) is 4.79 Å². The minimum absolute atomic E-state index is 0.0625. The molecule has 0 spiro atoms. The van der Waals surface area contributed by atoms with E-state index in [1.165, 1.54) is 0 Å². The van der Waals surface area contributed by atoms with Crippen LogP contribution < -0.4 is 0 Å². The third-order valence-electron chi connectivity index (χ3n) is 2.20. The summed E-state index contributed by atoms with van der Waals surface area (Å²) in [7, 11) is 0. The van der Waals surface area contributed by atoms with Crippen molar-refractivity contribution in [3.05, 3.63) is 10.1 Å². The lowest BCUT2D eigenvalue weighted by molar-refractivity contribution is -0.133. The van der Waals surface area contributed by atoms with Crippen LogP contribution in [0, 0.1) is 5.92 Å². The second-order valence-electron chi connectivity index (χ2n) is 2.96. The minimum Gasteiger partial charge on any atom is -0.478 e. The highest BCUT2D eigenvalue weighted by Gasteiger charge is 2.26. The van der Waals surface area contributed by atoms with E-state index in [1.54, 1.807) is 0 Å². The van der Waals surface area contributed by atoms with Gasteiger partial charge in [-0.3, -0.25) is 0 Å². The van der Waals surface area contributed by atoms with Crippen molar-refractivity contribution in [1.82, 2.24) is 0 Å². The zero-order valence-corrected chi connectivity index (χ0v) is 8.03. The van der Waals surface area contributed by atoms with Crippen molar-refractivity contribution in [2.75, 3.05) is 0 Å². The summed E-state index contributed by atoms with van der Waals surface area (Å²) in [5, 5.41) is 8.78. The molecular weight excluding hydrogens is 199 g/mol. The molecule has 0 atom stereocenters. The first-order chi connectivity index (χ1) is 5.63. The molecule has 0 aromatic carbocycles. The molecule has 0 heterocycles. The van der Waals surface area contributed by atoms with Crippen LogP contribution in [0.1, 0.15) is 25.7 Å². The molecule has 1 fully saturated rings. The van der Waals surface area contributed by atoms with Crippen LogP contribution in [-0.4, -0.2) is 11.1 Å². The predicted octanol–water partition coefficient (Wildman–Crippen LogP) is 2.95. The topological polar surface area (TPSA) is 37.3 Å². The maximum Gasteiger partial charge on any atom is 0.334 e. The summed E-state index contributed by atoms with van der Waals surface area (Å²) in [6, 6.07) is 0. The normalized spacial score (nSPS) is 17.8. The fraction of sp³-hybridized carbons (Fsp3) is 0.625. The first kappa shape index (κ1) is 9.87. The standard InChI is InChI=1S/C8H10Cl2O2/c9-7(10)6(8(11)12)5-3-1-2-4-5/h5H,1-4H2,(H,11,12). The van der Waals surface area contributed by atoms with Gasteiger partial charge in [-0.1, -0.05) is 36.0 Å². The summed E-state index contributed by atoms with van der Waals surface area (Å²) in [6.07, 6.45) is 3.93. The minimum atomic E-state index is -0.984. The monoisotopic (exact) mass is 208 g/mol. The van der Waals surface area contributed by atoms with Gasteiger partial charge >= 0.3 is 5.97 Å². The summed E-state index contributed by atoms with van der Waals surface area (Å²) in [5.74, 6) is -0.922. The number of carboxylic acid groups (broad SMARTS) is 1. The Labute approximate surface area is 81.2 Å². The maximum atomic E-state index is 10.7. The van der Waals surface area contributed by atoms with Crippen molar-refractivity contribution in [2.24, 2.45) is 5.92 Å². The van der Waals surface area contributed by atoms with Gasteiger partial charge in [-0.15, -0.1) is 0 Å². The Kier molecular flexibility index (Phi) is 3.41. The van der Waals surface area contributed by atoms with Gasteiger partial charge in [0.2, 0.25) is 0 Å². The van der Waals surface area contributed by atoms with Crippen LogP contribution in [0.3, 0.4) is 0 Å². The third kappa shape index (κ3) is 2.14. The van der Waals surface area contributed by atoms with Crippen molar-refractivity contribution in [3.8, 4) is 0 Å². The van der Waals surface area contributed by atoms with Crippen molar-refractivity contribution in [1.29, 1.82) is 0 Å². The zero-order chi connectivity index (χ0) is 9.14. The van der Waals surface area contributed by atoms with E-state index >= 15 is 0 Å². The van der Waals surface area contributed by atoms with Crippen LogP contribution in [-0.2, 0) is 4.79 Å². The van der Waals surface area contributed by atoms with Gasteiger partial charge in [0.25, 0.3) is 0 Å². The van der Waals surface area contributed by atoms with Crippen LogP contribution >= 0.6 is 23.2 Å². The number of carbonyl (C=O) groups is 1. The molecule has 0 aliphatic heterocycles. The van der Waals surface area contributed by atoms with E-state index in [1.807, 2.05) is 0 Å². The molecule has 1 aliphatic carbocycles. The number of hydrogen-bond acceptors (Lipinski definition) is 1. The van der Waals surface area contributed by atoms with Gasteiger partial charge in [0, 0.05) is 0 Å². The molecule has 0 unspecified atom stereocenters. The summed E-state index contributed by atoms with van der Waals surface area (Å²) in [6.45, 7) is 0. The summed E-state index contributed by atoms with van der Waals surface area (Å²) in [5.41, 5.74) is 0.191. The largest absolute Gasteiger partial charge is 0.478 e. The molecule has 1 rings (SSSR count). The molecule has 1 saturated carbocycles. The molecule has 0 amide bonds. The Bertz CT molecular complexity index is 213. The van der Waals surface area contributed by atoms with E-state index in [9.17, 15) is 4.79 Å². The zero-order valence-electron chi connectivity index (χ0n) is 6.52. The number of hydrogen-bond donors (Lipinski definition) is 1. The highest BCUT2D eigenvalue weighted by atomic mass is 35.5. The van der Waals surface area contributed by atoms with E-state index < -0.39 is 5.97 Å². The molecular formula is C8H10Cl2O2. The van der Waals surface area contributed by atoms with E-state index in [0.717, 1.165) is 25.7 Å². The lowest BCUT2D eigenvalue weighted by Crippen LogP contribution is -2.10. The molecule has 0 radical (unpaired) electrons. The van der Waals surface area contributed by atoms with Gasteiger partial charge in [-0.05, 0) is 18.8 Å². The molecule has 12 heavy (non-hydrogen) atoms. The van der Waals surface area contributed by atoms with Crippen molar-refractivity contribution < 1.29 is 9.90 Å². The quantitative estimate of drug-likeness (QED) is 0.710. The van der Waals surface area contributed by atoms with Crippen molar-refractivity contribution in [3.63, 3.8) is 0 Å². The van der Waals surface area contributed by atoms with Crippen LogP contribution in [0.25, 0.3) is 0 Å². The molecule has 68 valence electrons. The molecule has 4 heteroatoms. The predicted molar refractivity (Wildman–Crippen MR) is 48.3 cm³/mol. The Morgan fingerprint density at radius 2 is 1.75 bits per heavy atom. The Balaban J connectivity index is 2.79. The molecule has 1 aliphatic rings. The fourth-order valence-corrected chi connectivity index (χ4v) is 2.09. The summed E-state index contributed by atoms with van der Waals surface area (Å²) < 4.78 is -0.0885. The molecule has 0 aromatic heterocycles. The molecule has 0 bridgehead atoms. The average molecular weight is 209 g/mol. The molecule has 0 saturated heterocycles. The Hall–Kier alpha value is -0.210. The SMILES string of the molecule is O=C(O)C(=C(Cl)Cl)C1CCCC1. The van der Waals surface area contributed by atoms with Gasteiger partial charge in [-0.2, -0.15) is 0 Å². The number of rotatable bonds is 2. The highest BCUT2D eigenvalue weighted by Crippen LogP contribution is 2.34. The van der Waals surface area contributed by atoms with Gasteiger partial charge in [0.1, 0.15) is 4.49 Å². The lowest BCUT2D eigenvalue weighted by Gasteiger charge is -2.09. The summed E-state index contributed by atoms with van der Waals surface area (Å²) >= 11 is 11.0. The second kappa shape index (κ2) is 4.15. The molecule has 0 aromatic rings. The van der Waals surface area contributed by atoms with Gasteiger partial charge < -0.3 is 5.11 Å². The third-order valence-corrected chi connectivity index (χ3v) is 2.60. The van der Waals surface area contributed by atoms with Crippen molar-refractivity contribution in [2.45, 2.75) is 25.7 Å². The van der Waals surface area contributed by atoms with E-state index in [-0.39, 0.29) is 16.0 Å². The molecule has 1 N–H and O–H groups in total. The smallest absolute Gasteiger partial charge is 0.334 e. The van der Waals surface area contributed by atoms with E-state index in [4.69, 9.17) is 28.3 Å². The average Bonchev–Trinajstić information content (AvgIpc) is 2.37. The Morgan fingerprint density at radius 3 is 2.08 bits per heavy atom. The first-order valence-electron chi connectivity index (χ1n) is 3.91. The molecule has 2 nitrogen and oxygen atoms in total. The van der Waals surface area contributed by atoms with Gasteiger partial charge in [0.15, 0.2) is 0 Å². The van der Waals surface area contributed by atoms with E-state index in [2.05, 4.69) is 0 Å². The van der Waals surface area contributed by atoms with Gasteiger partial charge in [0.05, 0.1) is 5.57 Å². The van der Waals surface area contributed by atoms with Crippen LogP contribution in [0.4, 0.5) is 0 Å². The van der Waals surface area contributed by atoms with Crippen LogP contribution in [0.15, 0.2) is 10.1 Å². The fourth-order valence-electron chi connectivity index (χ4n) is 1.62. The lowest BCUT2D eigenvalue weighted by atomic mass is 9.99.